The molecule has 2 rings (SSSR count). The van der Waals surface area contributed by atoms with E-state index in [9.17, 15) is 0 Å². The molecule has 0 amide bonds. The molecule has 1 heterocycles. The number of rotatable bonds is 4. The summed E-state index contributed by atoms with van der Waals surface area (Å²) in [5, 5.41) is 8.89. The summed E-state index contributed by atoms with van der Waals surface area (Å²) in [5.41, 5.74) is 8.07. The molecule has 0 aliphatic heterocycles. The van der Waals surface area contributed by atoms with Crippen LogP contribution in [-0.2, 0) is 6.54 Å². The van der Waals surface area contributed by atoms with E-state index >= 15 is 0 Å². The van der Waals surface area contributed by atoms with E-state index in [2.05, 4.69) is 17.3 Å². The highest BCUT2D eigenvalue weighted by atomic mass is 35.5. The zero-order chi connectivity index (χ0) is 14.9. The van der Waals surface area contributed by atoms with Crippen LogP contribution in [-0.4, -0.2) is 9.78 Å². The Hall–Kier alpha value is -1.10. The number of hydrogen-bond donors (Lipinski definition) is 2. The van der Waals surface area contributed by atoms with Crippen molar-refractivity contribution in [2.45, 2.75) is 26.8 Å². The Morgan fingerprint density at radius 1 is 1.20 bits per heavy atom. The first kappa shape index (κ1) is 15.3. The number of halogens is 3. The maximum atomic E-state index is 6.16. The number of benzene rings is 1. The molecule has 0 unspecified atom stereocenters. The molecule has 0 spiro atoms. The summed E-state index contributed by atoms with van der Waals surface area (Å²) in [6.45, 7) is 4.70. The zero-order valence-electron chi connectivity index (χ0n) is 11.2. The van der Waals surface area contributed by atoms with Crippen molar-refractivity contribution in [3.05, 3.63) is 32.9 Å². The van der Waals surface area contributed by atoms with Gasteiger partial charge in [0.15, 0.2) is 5.82 Å². The molecule has 0 fully saturated rings. The summed E-state index contributed by atoms with van der Waals surface area (Å²) >= 11 is 18.1. The predicted octanol–water partition coefficient (Wildman–Crippen LogP) is 4.89. The van der Waals surface area contributed by atoms with E-state index < -0.39 is 0 Å². The summed E-state index contributed by atoms with van der Waals surface area (Å²) in [6, 6.07) is 3.27. The summed E-state index contributed by atoms with van der Waals surface area (Å²) in [4.78, 5) is 0. The van der Waals surface area contributed by atoms with Crippen molar-refractivity contribution in [3.63, 3.8) is 0 Å². The van der Waals surface area contributed by atoms with Gasteiger partial charge in [0.1, 0.15) is 0 Å². The number of nitrogen functional groups attached to an aromatic ring is 1. The Labute approximate surface area is 132 Å². The van der Waals surface area contributed by atoms with Crippen LogP contribution in [0, 0.1) is 6.92 Å². The lowest BCUT2D eigenvalue weighted by atomic mass is 10.3. The Balaban J connectivity index is 2.42. The second-order valence-corrected chi connectivity index (χ2v) is 5.66. The van der Waals surface area contributed by atoms with Crippen LogP contribution in [0.15, 0.2) is 12.1 Å². The normalized spacial score (nSPS) is 10.8. The third-order valence-electron chi connectivity index (χ3n) is 2.87. The van der Waals surface area contributed by atoms with E-state index in [1.54, 1.807) is 12.1 Å². The van der Waals surface area contributed by atoms with Gasteiger partial charge >= 0.3 is 0 Å². The van der Waals surface area contributed by atoms with E-state index in [-0.39, 0.29) is 0 Å². The van der Waals surface area contributed by atoms with Gasteiger partial charge in [-0.3, -0.25) is 0 Å². The Kier molecular flexibility index (Phi) is 4.68. The van der Waals surface area contributed by atoms with Gasteiger partial charge in [0.25, 0.3) is 0 Å². The molecule has 2 aromatic rings. The smallest absolute Gasteiger partial charge is 0.152 e. The lowest BCUT2D eigenvalue weighted by Crippen LogP contribution is -2.06. The first-order valence-corrected chi connectivity index (χ1v) is 7.31. The molecule has 7 heteroatoms. The van der Waals surface area contributed by atoms with E-state index in [0.29, 0.717) is 32.3 Å². The Morgan fingerprint density at radius 2 is 1.85 bits per heavy atom. The number of nitrogens with zero attached hydrogens (tertiary/aromatic N) is 2. The van der Waals surface area contributed by atoms with Gasteiger partial charge in [-0.2, -0.15) is 5.10 Å². The molecule has 20 heavy (non-hydrogen) atoms. The second kappa shape index (κ2) is 6.12. The van der Waals surface area contributed by atoms with Gasteiger partial charge in [0, 0.05) is 6.54 Å². The van der Waals surface area contributed by atoms with Crippen molar-refractivity contribution in [1.82, 2.24) is 9.78 Å². The van der Waals surface area contributed by atoms with Gasteiger partial charge in [-0.15, -0.1) is 0 Å². The average Bonchev–Trinajstić information content (AvgIpc) is 2.64. The van der Waals surface area contributed by atoms with Crippen LogP contribution in [0.25, 0.3) is 0 Å². The monoisotopic (exact) mass is 332 g/mol. The van der Waals surface area contributed by atoms with Gasteiger partial charge in [-0.25, -0.2) is 4.68 Å². The first-order chi connectivity index (χ1) is 9.43. The minimum atomic E-state index is 0.411. The van der Waals surface area contributed by atoms with Crippen molar-refractivity contribution < 1.29 is 0 Å². The fourth-order valence-corrected chi connectivity index (χ4v) is 2.44. The van der Waals surface area contributed by atoms with Crippen molar-refractivity contribution >= 4 is 52.0 Å². The van der Waals surface area contributed by atoms with E-state index in [0.717, 1.165) is 18.7 Å². The topological polar surface area (TPSA) is 55.9 Å². The second-order valence-electron chi connectivity index (χ2n) is 4.44. The fourth-order valence-electron chi connectivity index (χ4n) is 1.85. The quantitative estimate of drug-likeness (QED) is 0.783. The molecule has 108 valence electrons. The van der Waals surface area contributed by atoms with Gasteiger partial charge < -0.3 is 11.1 Å². The van der Waals surface area contributed by atoms with Crippen LogP contribution in [0.4, 0.5) is 17.2 Å². The summed E-state index contributed by atoms with van der Waals surface area (Å²) in [7, 11) is 0. The number of aryl methyl sites for hydroxylation is 2. The molecule has 0 saturated heterocycles. The highest BCUT2D eigenvalue weighted by Gasteiger charge is 2.14. The molecule has 4 nitrogen and oxygen atoms in total. The van der Waals surface area contributed by atoms with Crippen LogP contribution >= 0.6 is 34.8 Å². The van der Waals surface area contributed by atoms with Gasteiger partial charge in [-0.05, 0) is 25.5 Å². The van der Waals surface area contributed by atoms with E-state index in [4.69, 9.17) is 40.5 Å². The van der Waals surface area contributed by atoms with E-state index in [1.807, 2.05) is 11.6 Å². The third kappa shape index (κ3) is 2.97. The summed E-state index contributed by atoms with van der Waals surface area (Å²) in [5.74, 6) is 0.713. The molecule has 3 N–H and O–H groups in total. The van der Waals surface area contributed by atoms with E-state index in [1.165, 1.54) is 0 Å². The van der Waals surface area contributed by atoms with Gasteiger partial charge in [-0.1, -0.05) is 41.7 Å². The Bertz CT molecular complexity index is 637. The number of anilines is 3. The third-order valence-corrected chi connectivity index (χ3v) is 3.91. The molecule has 0 aliphatic carbocycles. The average molecular weight is 334 g/mol. The maximum Gasteiger partial charge on any atom is 0.152 e. The van der Waals surface area contributed by atoms with Crippen LogP contribution in [0.1, 0.15) is 19.0 Å². The molecule has 0 radical (unpaired) electrons. The van der Waals surface area contributed by atoms with Crippen molar-refractivity contribution in [2.75, 3.05) is 11.1 Å². The van der Waals surface area contributed by atoms with Crippen LogP contribution in [0.2, 0.25) is 15.1 Å². The zero-order valence-corrected chi connectivity index (χ0v) is 13.4. The summed E-state index contributed by atoms with van der Waals surface area (Å²) in [6.07, 6.45) is 0.949. The number of hydrogen-bond acceptors (Lipinski definition) is 3. The number of aromatic nitrogens is 2. The lowest BCUT2D eigenvalue weighted by molar-refractivity contribution is 0.605. The molecule has 0 saturated carbocycles. The highest BCUT2D eigenvalue weighted by molar-refractivity contribution is 6.44. The molecule has 1 aromatic heterocycles. The van der Waals surface area contributed by atoms with Crippen LogP contribution in [0.5, 0.6) is 0 Å². The molecular weight excluding hydrogens is 319 g/mol. The van der Waals surface area contributed by atoms with Crippen molar-refractivity contribution in [1.29, 1.82) is 0 Å². The van der Waals surface area contributed by atoms with Gasteiger partial charge in [0.2, 0.25) is 0 Å². The van der Waals surface area contributed by atoms with Crippen LogP contribution in [0.3, 0.4) is 0 Å². The Morgan fingerprint density at radius 3 is 2.50 bits per heavy atom. The number of nitrogens with one attached hydrogen (secondary N) is 1. The highest BCUT2D eigenvalue weighted by Crippen LogP contribution is 2.35. The predicted molar refractivity (Wildman–Crippen MR) is 86.4 cm³/mol. The minimum Gasteiger partial charge on any atom is -0.394 e. The largest absolute Gasteiger partial charge is 0.394 e. The minimum absolute atomic E-state index is 0.411. The lowest BCUT2D eigenvalue weighted by Gasteiger charge is -2.12. The van der Waals surface area contributed by atoms with Crippen molar-refractivity contribution in [2.24, 2.45) is 0 Å². The van der Waals surface area contributed by atoms with Crippen LogP contribution < -0.4 is 11.1 Å². The van der Waals surface area contributed by atoms with Crippen molar-refractivity contribution in [3.8, 4) is 0 Å². The molecule has 0 bridgehead atoms. The molecule has 1 aromatic carbocycles. The molecular formula is C13H15Cl3N4. The molecule has 0 aliphatic rings. The molecule has 0 atom stereocenters. The SMILES string of the molecule is CCCn1nc(C)c(N)c1Nc1cc(Cl)c(Cl)cc1Cl. The van der Waals surface area contributed by atoms with Gasteiger partial charge in [0.05, 0.1) is 32.1 Å². The summed E-state index contributed by atoms with van der Waals surface area (Å²) < 4.78 is 1.82. The number of nitrogens with two attached hydrogens (primary N) is 1. The first-order valence-electron chi connectivity index (χ1n) is 6.18. The standard InChI is InChI=1S/C13H15Cl3N4/c1-3-4-20-13(12(17)7(2)19-20)18-11-6-9(15)8(14)5-10(11)16/h5-6,18H,3-4,17H2,1-2H3. The maximum absolute atomic E-state index is 6.16. The fraction of sp³-hybridized carbons (Fsp3) is 0.308.